The van der Waals surface area contributed by atoms with Crippen molar-refractivity contribution in [2.24, 2.45) is 0 Å². The third-order valence-electron chi connectivity index (χ3n) is 3.27. The third kappa shape index (κ3) is 4.80. The van der Waals surface area contributed by atoms with Crippen molar-refractivity contribution in [1.82, 2.24) is 5.16 Å². The molecule has 0 bridgehead atoms. The van der Waals surface area contributed by atoms with E-state index in [-0.39, 0.29) is 0 Å². The minimum atomic E-state index is 0.505. The van der Waals surface area contributed by atoms with Gasteiger partial charge in [0.2, 0.25) is 5.88 Å². The van der Waals surface area contributed by atoms with Crippen LogP contribution in [0.1, 0.15) is 70.1 Å². The van der Waals surface area contributed by atoms with Crippen molar-refractivity contribution in [3.05, 3.63) is 11.3 Å². The maximum Gasteiger partial charge on any atom is 0.225 e. The number of aryl methyl sites for hydroxylation is 1. The minimum absolute atomic E-state index is 0.505. The van der Waals surface area contributed by atoms with Crippen LogP contribution in [0.4, 0.5) is 5.88 Å². The third-order valence-corrected chi connectivity index (χ3v) is 3.27. The molecule has 0 aromatic carbocycles. The Bertz CT molecular complexity index is 307. The van der Waals surface area contributed by atoms with Gasteiger partial charge in [0.05, 0.1) is 5.69 Å². The topological polar surface area (TPSA) is 52.0 Å². The first-order chi connectivity index (χ1) is 8.29. The Morgan fingerprint density at radius 1 is 1.00 bits per heavy atom. The number of nitrogen functional groups attached to an aromatic ring is 1. The molecule has 0 atom stereocenters. The van der Waals surface area contributed by atoms with Crippen molar-refractivity contribution >= 4 is 5.88 Å². The highest BCUT2D eigenvalue weighted by Crippen LogP contribution is 2.19. The summed E-state index contributed by atoms with van der Waals surface area (Å²) in [7, 11) is 0. The molecule has 1 rings (SSSR count). The Morgan fingerprint density at radius 2 is 1.65 bits per heavy atom. The summed E-state index contributed by atoms with van der Waals surface area (Å²) in [6.45, 7) is 4.35. The van der Waals surface area contributed by atoms with Crippen molar-refractivity contribution in [2.45, 2.75) is 71.6 Å². The number of nitrogens with zero attached hydrogens (tertiary/aromatic N) is 1. The minimum Gasteiger partial charge on any atom is -0.367 e. The SMILES string of the molecule is CCCCCCCCCc1noc(N)c1CC. The largest absolute Gasteiger partial charge is 0.367 e. The maximum atomic E-state index is 5.71. The summed E-state index contributed by atoms with van der Waals surface area (Å²) in [5.74, 6) is 0.505. The maximum absolute atomic E-state index is 5.71. The van der Waals surface area contributed by atoms with Gasteiger partial charge >= 0.3 is 0 Å². The molecule has 0 aliphatic carbocycles. The average Bonchev–Trinajstić information content (AvgIpc) is 2.69. The first-order valence-electron chi connectivity index (χ1n) is 7.02. The van der Waals surface area contributed by atoms with Crippen LogP contribution in [-0.4, -0.2) is 5.16 Å². The van der Waals surface area contributed by atoms with Gasteiger partial charge in [0.15, 0.2) is 0 Å². The summed E-state index contributed by atoms with van der Waals surface area (Å²) in [4.78, 5) is 0. The van der Waals surface area contributed by atoms with Crippen LogP contribution >= 0.6 is 0 Å². The van der Waals surface area contributed by atoms with Gasteiger partial charge in [0.1, 0.15) is 0 Å². The van der Waals surface area contributed by atoms with E-state index in [0.717, 1.165) is 24.1 Å². The van der Waals surface area contributed by atoms with E-state index in [1.807, 2.05) is 0 Å². The molecule has 0 amide bonds. The van der Waals surface area contributed by atoms with Gasteiger partial charge in [-0.2, -0.15) is 0 Å². The van der Waals surface area contributed by atoms with E-state index in [9.17, 15) is 0 Å². The molecule has 0 fully saturated rings. The molecule has 98 valence electrons. The zero-order valence-corrected chi connectivity index (χ0v) is 11.3. The second-order valence-corrected chi connectivity index (χ2v) is 4.70. The summed E-state index contributed by atoms with van der Waals surface area (Å²) in [6.07, 6.45) is 11.2. The molecule has 0 saturated heterocycles. The van der Waals surface area contributed by atoms with Crippen molar-refractivity contribution in [3.8, 4) is 0 Å². The van der Waals surface area contributed by atoms with Crippen LogP contribution in [0.3, 0.4) is 0 Å². The van der Waals surface area contributed by atoms with Gasteiger partial charge in [-0.1, -0.05) is 57.5 Å². The van der Waals surface area contributed by atoms with Crippen LogP contribution in [0.2, 0.25) is 0 Å². The second-order valence-electron chi connectivity index (χ2n) is 4.70. The molecule has 1 heterocycles. The Balaban J connectivity index is 2.13. The van der Waals surface area contributed by atoms with Crippen LogP contribution in [0.5, 0.6) is 0 Å². The van der Waals surface area contributed by atoms with Gasteiger partial charge < -0.3 is 10.3 Å². The monoisotopic (exact) mass is 238 g/mol. The molecule has 3 heteroatoms. The lowest BCUT2D eigenvalue weighted by atomic mass is 10.0. The number of rotatable bonds is 9. The number of aromatic nitrogens is 1. The standard InChI is InChI=1S/C14H26N2O/c1-3-5-6-7-8-9-10-11-13-12(4-2)14(15)17-16-13/h3-11,15H2,1-2H3. The van der Waals surface area contributed by atoms with E-state index in [4.69, 9.17) is 10.3 Å². The van der Waals surface area contributed by atoms with E-state index < -0.39 is 0 Å². The number of hydrogen-bond acceptors (Lipinski definition) is 3. The molecule has 0 spiro atoms. The zero-order valence-electron chi connectivity index (χ0n) is 11.3. The summed E-state index contributed by atoms with van der Waals surface area (Å²) in [5.41, 5.74) is 7.88. The normalized spacial score (nSPS) is 10.9. The van der Waals surface area contributed by atoms with Gasteiger partial charge in [-0.05, 0) is 19.3 Å². The summed E-state index contributed by atoms with van der Waals surface area (Å²) < 4.78 is 5.02. The van der Waals surface area contributed by atoms with Crippen LogP contribution in [0.25, 0.3) is 0 Å². The van der Waals surface area contributed by atoms with Gasteiger partial charge in [-0.3, -0.25) is 0 Å². The quantitative estimate of drug-likeness (QED) is 0.659. The highest BCUT2D eigenvalue weighted by molar-refractivity contribution is 5.38. The lowest BCUT2D eigenvalue weighted by molar-refractivity contribution is 0.425. The Kier molecular flexibility index (Phi) is 6.75. The molecule has 17 heavy (non-hydrogen) atoms. The van der Waals surface area contributed by atoms with E-state index in [0.29, 0.717) is 5.88 Å². The van der Waals surface area contributed by atoms with E-state index in [1.54, 1.807) is 0 Å². The highest BCUT2D eigenvalue weighted by atomic mass is 16.5. The molecule has 2 N–H and O–H groups in total. The lowest BCUT2D eigenvalue weighted by Crippen LogP contribution is -1.94. The Hall–Kier alpha value is -0.990. The van der Waals surface area contributed by atoms with Crippen LogP contribution in [0.15, 0.2) is 4.52 Å². The zero-order chi connectivity index (χ0) is 12.5. The fourth-order valence-corrected chi connectivity index (χ4v) is 2.18. The van der Waals surface area contributed by atoms with Crippen LogP contribution < -0.4 is 5.73 Å². The first kappa shape index (κ1) is 14.1. The summed E-state index contributed by atoms with van der Waals surface area (Å²) >= 11 is 0. The number of hydrogen-bond donors (Lipinski definition) is 1. The fraction of sp³-hybridized carbons (Fsp3) is 0.786. The average molecular weight is 238 g/mol. The highest BCUT2D eigenvalue weighted by Gasteiger charge is 2.10. The lowest BCUT2D eigenvalue weighted by Gasteiger charge is -2.01. The number of unbranched alkanes of at least 4 members (excludes halogenated alkanes) is 6. The number of anilines is 1. The van der Waals surface area contributed by atoms with Gasteiger partial charge in [-0.25, -0.2) is 0 Å². The molecule has 0 radical (unpaired) electrons. The fourth-order valence-electron chi connectivity index (χ4n) is 2.18. The smallest absolute Gasteiger partial charge is 0.225 e. The molecule has 3 nitrogen and oxygen atoms in total. The van der Waals surface area contributed by atoms with Gasteiger partial charge in [0, 0.05) is 5.56 Å². The predicted molar refractivity (Wildman–Crippen MR) is 72.0 cm³/mol. The molecule has 0 aliphatic heterocycles. The molecular weight excluding hydrogens is 212 g/mol. The van der Waals surface area contributed by atoms with E-state index >= 15 is 0 Å². The van der Waals surface area contributed by atoms with Crippen molar-refractivity contribution in [1.29, 1.82) is 0 Å². The summed E-state index contributed by atoms with van der Waals surface area (Å²) in [5, 5.41) is 4.03. The molecule has 1 aromatic rings. The van der Waals surface area contributed by atoms with Gasteiger partial charge in [-0.15, -0.1) is 0 Å². The first-order valence-corrected chi connectivity index (χ1v) is 7.02. The van der Waals surface area contributed by atoms with Crippen molar-refractivity contribution in [3.63, 3.8) is 0 Å². The predicted octanol–water partition coefficient (Wildman–Crippen LogP) is 4.11. The molecule has 0 aliphatic rings. The summed E-state index contributed by atoms with van der Waals surface area (Å²) in [6, 6.07) is 0. The molecular formula is C14H26N2O. The van der Waals surface area contributed by atoms with Crippen LogP contribution in [0, 0.1) is 0 Å². The Morgan fingerprint density at radius 3 is 2.29 bits per heavy atom. The second kappa shape index (κ2) is 8.15. The van der Waals surface area contributed by atoms with Crippen molar-refractivity contribution < 1.29 is 4.52 Å². The van der Waals surface area contributed by atoms with Crippen molar-refractivity contribution in [2.75, 3.05) is 5.73 Å². The number of nitrogens with two attached hydrogens (primary N) is 1. The molecule has 0 unspecified atom stereocenters. The Labute approximate surface area is 105 Å². The molecule has 1 aromatic heterocycles. The van der Waals surface area contributed by atoms with E-state index in [2.05, 4.69) is 19.0 Å². The molecule has 0 saturated carbocycles. The van der Waals surface area contributed by atoms with Crippen LogP contribution in [-0.2, 0) is 12.8 Å². The van der Waals surface area contributed by atoms with E-state index in [1.165, 1.54) is 44.9 Å². The van der Waals surface area contributed by atoms with Gasteiger partial charge in [0.25, 0.3) is 0 Å².